The van der Waals surface area contributed by atoms with Crippen LogP contribution >= 0.6 is 0 Å². The van der Waals surface area contributed by atoms with Gasteiger partial charge in [0.1, 0.15) is 11.8 Å². The SMILES string of the molecule is CN(C(=O)c1nc[nH]c1C(C)(C)C)c1cccc(C(O)c2ccccc2)c1. The lowest BCUT2D eigenvalue weighted by atomic mass is 9.90. The summed E-state index contributed by atoms with van der Waals surface area (Å²) in [5.74, 6) is -0.187. The largest absolute Gasteiger partial charge is 0.384 e. The first kappa shape index (κ1) is 18.9. The molecule has 2 aromatic carbocycles. The number of H-pyrrole nitrogens is 1. The zero-order valence-electron chi connectivity index (χ0n) is 16.1. The summed E-state index contributed by atoms with van der Waals surface area (Å²) in [5.41, 5.74) is 3.25. The van der Waals surface area contributed by atoms with E-state index in [9.17, 15) is 9.90 Å². The van der Waals surface area contributed by atoms with Gasteiger partial charge in [-0.1, -0.05) is 63.2 Å². The second-order valence-electron chi connectivity index (χ2n) is 7.65. The fraction of sp³-hybridized carbons (Fsp3) is 0.273. The van der Waals surface area contributed by atoms with E-state index in [1.807, 2.05) is 75.4 Å². The average Bonchev–Trinajstić information content (AvgIpc) is 3.17. The fourth-order valence-corrected chi connectivity index (χ4v) is 3.04. The number of carbonyl (C=O) groups is 1. The summed E-state index contributed by atoms with van der Waals surface area (Å²) < 4.78 is 0. The van der Waals surface area contributed by atoms with E-state index < -0.39 is 6.10 Å². The van der Waals surface area contributed by atoms with E-state index in [4.69, 9.17) is 0 Å². The molecule has 1 unspecified atom stereocenters. The maximum absolute atomic E-state index is 13.0. The van der Waals surface area contributed by atoms with Crippen LogP contribution in [-0.4, -0.2) is 28.0 Å². The third-order valence-electron chi connectivity index (χ3n) is 4.59. The number of anilines is 1. The molecule has 0 saturated heterocycles. The number of rotatable bonds is 4. The van der Waals surface area contributed by atoms with Crippen LogP contribution < -0.4 is 4.90 Å². The third-order valence-corrected chi connectivity index (χ3v) is 4.59. The van der Waals surface area contributed by atoms with Crippen molar-refractivity contribution in [2.75, 3.05) is 11.9 Å². The Balaban J connectivity index is 1.89. The van der Waals surface area contributed by atoms with Crippen molar-refractivity contribution in [1.29, 1.82) is 0 Å². The molecule has 0 bridgehead atoms. The molecule has 0 radical (unpaired) electrons. The van der Waals surface area contributed by atoms with Gasteiger partial charge in [-0.2, -0.15) is 0 Å². The summed E-state index contributed by atoms with van der Waals surface area (Å²) in [6.45, 7) is 6.11. The number of aliphatic hydroxyl groups excluding tert-OH is 1. The first-order chi connectivity index (χ1) is 12.8. The minimum atomic E-state index is -0.745. The van der Waals surface area contributed by atoms with E-state index in [0.29, 0.717) is 11.4 Å². The maximum atomic E-state index is 13.0. The summed E-state index contributed by atoms with van der Waals surface area (Å²) >= 11 is 0. The normalized spacial score (nSPS) is 12.6. The fourth-order valence-electron chi connectivity index (χ4n) is 3.04. The molecule has 140 valence electrons. The number of carbonyl (C=O) groups excluding carboxylic acids is 1. The van der Waals surface area contributed by atoms with Crippen LogP contribution in [0.25, 0.3) is 0 Å². The Morgan fingerprint density at radius 2 is 1.74 bits per heavy atom. The van der Waals surface area contributed by atoms with E-state index in [1.54, 1.807) is 18.3 Å². The standard InChI is InChI=1S/C22H25N3O2/c1-22(2,3)20-18(23-14-24-20)21(27)25(4)17-12-8-11-16(13-17)19(26)15-9-6-5-7-10-15/h5-14,19,26H,1-4H3,(H,23,24). The lowest BCUT2D eigenvalue weighted by Crippen LogP contribution is -2.29. The van der Waals surface area contributed by atoms with E-state index >= 15 is 0 Å². The predicted molar refractivity (Wildman–Crippen MR) is 107 cm³/mol. The van der Waals surface area contributed by atoms with E-state index in [1.165, 1.54) is 0 Å². The van der Waals surface area contributed by atoms with Gasteiger partial charge in [-0.15, -0.1) is 0 Å². The van der Waals surface area contributed by atoms with Crippen LogP contribution in [0.1, 0.15) is 54.2 Å². The van der Waals surface area contributed by atoms with Crippen LogP contribution in [0.3, 0.4) is 0 Å². The lowest BCUT2D eigenvalue weighted by Gasteiger charge is -2.22. The van der Waals surface area contributed by atoms with Crippen LogP contribution in [0.4, 0.5) is 5.69 Å². The summed E-state index contributed by atoms with van der Waals surface area (Å²) in [5, 5.41) is 10.7. The number of nitrogens with one attached hydrogen (secondary N) is 1. The molecule has 1 amide bonds. The van der Waals surface area contributed by atoms with Crippen LogP contribution in [0.2, 0.25) is 0 Å². The lowest BCUT2D eigenvalue weighted by molar-refractivity contribution is 0.0986. The Labute approximate surface area is 159 Å². The van der Waals surface area contributed by atoms with Crippen molar-refractivity contribution < 1.29 is 9.90 Å². The van der Waals surface area contributed by atoms with Gasteiger partial charge in [0.05, 0.1) is 12.0 Å². The number of hydrogen-bond donors (Lipinski definition) is 2. The quantitative estimate of drug-likeness (QED) is 0.734. The van der Waals surface area contributed by atoms with Gasteiger partial charge in [-0.25, -0.2) is 4.98 Å². The van der Waals surface area contributed by atoms with Crippen molar-refractivity contribution in [2.24, 2.45) is 0 Å². The van der Waals surface area contributed by atoms with Crippen LogP contribution in [-0.2, 0) is 5.41 Å². The molecule has 3 rings (SSSR count). The second-order valence-corrected chi connectivity index (χ2v) is 7.65. The topological polar surface area (TPSA) is 69.2 Å². The van der Waals surface area contributed by atoms with Crippen LogP contribution in [0.15, 0.2) is 60.9 Å². The Morgan fingerprint density at radius 3 is 2.41 bits per heavy atom. The summed E-state index contributed by atoms with van der Waals surface area (Å²) in [6, 6.07) is 16.8. The molecule has 0 aliphatic carbocycles. The zero-order chi connectivity index (χ0) is 19.6. The highest BCUT2D eigenvalue weighted by molar-refractivity contribution is 6.05. The van der Waals surface area contributed by atoms with E-state index in [2.05, 4.69) is 9.97 Å². The molecule has 0 spiro atoms. The monoisotopic (exact) mass is 363 g/mol. The molecule has 2 N–H and O–H groups in total. The van der Waals surface area contributed by atoms with Gasteiger partial charge >= 0.3 is 0 Å². The highest BCUT2D eigenvalue weighted by Gasteiger charge is 2.27. The van der Waals surface area contributed by atoms with Crippen molar-refractivity contribution in [1.82, 2.24) is 9.97 Å². The predicted octanol–water partition coefficient (Wildman–Crippen LogP) is 4.07. The summed E-state index contributed by atoms with van der Waals surface area (Å²) in [7, 11) is 1.72. The van der Waals surface area contributed by atoms with Gasteiger partial charge in [0, 0.05) is 18.2 Å². The van der Waals surface area contributed by atoms with Gasteiger partial charge in [-0.05, 0) is 23.3 Å². The molecular weight excluding hydrogens is 338 g/mol. The first-order valence-corrected chi connectivity index (χ1v) is 8.94. The average molecular weight is 363 g/mol. The number of hydrogen-bond acceptors (Lipinski definition) is 3. The van der Waals surface area contributed by atoms with Gasteiger partial charge in [0.25, 0.3) is 5.91 Å². The molecule has 5 heteroatoms. The molecule has 0 fully saturated rings. The number of benzene rings is 2. The van der Waals surface area contributed by atoms with Crippen molar-refractivity contribution in [3.63, 3.8) is 0 Å². The minimum Gasteiger partial charge on any atom is -0.384 e. The molecule has 0 saturated carbocycles. The number of aromatic nitrogens is 2. The Morgan fingerprint density at radius 1 is 1.07 bits per heavy atom. The van der Waals surface area contributed by atoms with Crippen LogP contribution in [0.5, 0.6) is 0 Å². The number of aliphatic hydroxyl groups is 1. The van der Waals surface area contributed by atoms with Crippen molar-refractivity contribution in [3.8, 4) is 0 Å². The zero-order valence-corrected chi connectivity index (χ0v) is 16.1. The molecule has 27 heavy (non-hydrogen) atoms. The maximum Gasteiger partial charge on any atom is 0.278 e. The molecule has 3 aromatic rings. The highest BCUT2D eigenvalue weighted by atomic mass is 16.3. The van der Waals surface area contributed by atoms with Gasteiger partial charge in [-0.3, -0.25) is 4.79 Å². The number of amides is 1. The molecule has 0 aliphatic rings. The van der Waals surface area contributed by atoms with E-state index in [-0.39, 0.29) is 11.3 Å². The summed E-state index contributed by atoms with van der Waals surface area (Å²) in [4.78, 5) is 21.9. The molecule has 1 heterocycles. The highest BCUT2D eigenvalue weighted by Crippen LogP contribution is 2.28. The molecule has 0 aliphatic heterocycles. The Kier molecular flexibility index (Phi) is 5.15. The molecule has 5 nitrogen and oxygen atoms in total. The minimum absolute atomic E-state index is 0.187. The van der Waals surface area contributed by atoms with Gasteiger partial charge in [0.15, 0.2) is 0 Å². The van der Waals surface area contributed by atoms with Crippen molar-refractivity contribution in [2.45, 2.75) is 32.3 Å². The number of nitrogens with zero attached hydrogens (tertiary/aromatic N) is 2. The van der Waals surface area contributed by atoms with Gasteiger partial charge < -0.3 is 15.0 Å². The smallest absolute Gasteiger partial charge is 0.278 e. The Hall–Kier alpha value is -2.92. The first-order valence-electron chi connectivity index (χ1n) is 8.94. The second kappa shape index (κ2) is 7.37. The van der Waals surface area contributed by atoms with Crippen molar-refractivity contribution in [3.05, 3.63) is 83.4 Å². The Bertz CT molecular complexity index is 926. The number of imidazole rings is 1. The van der Waals surface area contributed by atoms with Crippen molar-refractivity contribution >= 4 is 11.6 Å². The number of aromatic amines is 1. The van der Waals surface area contributed by atoms with Crippen LogP contribution in [0, 0.1) is 0 Å². The van der Waals surface area contributed by atoms with Gasteiger partial charge in [0.2, 0.25) is 0 Å². The third kappa shape index (κ3) is 3.93. The molecule has 1 aromatic heterocycles. The molecule has 1 atom stereocenters. The van der Waals surface area contributed by atoms with E-state index in [0.717, 1.165) is 16.8 Å². The summed E-state index contributed by atoms with van der Waals surface area (Å²) in [6.07, 6.45) is 0.808. The molecular formula is C22H25N3O2.